The molecule has 0 aromatic heterocycles. The third-order valence-corrected chi connectivity index (χ3v) is 3.40. The van der Waals surface area contributed by atoms with E-state index >= 15 is 0 Å². The summed E-state index contributed by atoms with van der Waals surface area (Å²) in [5.74, 6) is 0.829. The molecule has 4 heteroatoms. The molecule has 0 aliphatic heterocycles. The lowest BCUT2D eigenvalue weighted by Crippen LogP contribution is -1.98. The van der Waals surface area contributed by atoms with Crippen LogP contribution >= 0.6 is 15.9 Å². The molecule has 0 saturated heterocycles. The van der Waals surface area contributed by atoms with Crippen LogP contribution < -0.4 is 4.74 Å². The van der Waals surface area contributed by atoms with E-state index in [1.807, 2.05) is 48.5 Å². The van der Waals surface area contributed by atoms with Crippen LogP contribution in [0.1, 0.15) is 18.1 Å². The van der Waals surface area contributed by atoms with Crippen LogP contribution in [-0.4, -0.2) is 10.9 Å². The molecule has 1 N–H and O–H groups in total. The van der Waals surface area contributed by atoms with E-state index in [-0.39, 0.29) is 0 Å². The maximum atomic E-state index is 8.64. The summed E-state index contributed by atoms with van der Waals surface area (Å²) in [5, 5.41) is 11.8. The van der Waals surface area contributed by atoms with Crippen molar-refractivity contribution in [1.82, 2.24) is 0 Å². The fourth-order valence-electron chi connectivity index (χ4n) is 1.78. The van der Waals surface area contributed by atoms with Gasteiger partial charge in [-0.25, -0.2) is 0 Å². The van der Waals surface area contributed by atoms with Gasteiger partial charge in [-0.05, 0) is 42.3 Å². The van der Waals surface area contributed by atoms with Crippen LogP contribution in [0.25, 0.3) is 0 Å². The van der Waals surface area contributed by atoms with Crippen LogP contribution in [0.5, 0.6) is 5.75 Å². The summed E-state index contributed by atoms with van der Waals surface area (Å²) in [6.45, 7) is 2.34. The van der Waals surface area contributed by atoms with Crippen molar-refractivity contribution in [2.45, 2.75) is 20.0 Å². The van der Waals surface area contributed by atoms with Gasteiger partial charge in [0.2, 0.25) is 0 Å². The first-order valence-corrected chi connectivity index (χ1v) is 7.10. The minimum Gasteiger partial charge on any atom is -0.489 e. The monoisotopic (exact) mass is 333 g/mol. The highest BCUT2D eigenvalue weighted by Gasteiger charge is 1.99. The third-order valence-electron chi connectivity index (χ3n) is 2.87. The first kappa shape index (κ1) is 14.6. The summed E-state index contributed by atoms with van der Waals surface area (Å²) in [4.78, 5) is 0. The van der Waals surface area contributed by atoms with Gasteiger partial charge in [-0.1, -0.05) is 45.4 Å². The predicted octanol–water partition coefficient (Wildman–Crippen LogP) is 4.42. The Labute approximate surface area is 127 Å². The minimum absolute atomic E-state index is 0.545. The molecule has 0 fully saturated rings. The van der Waals surface area contributed by atoms with E-state index in [4.69, 9.17) is 9.94 Å². The Hall–Kier alpha value is -1.81. The summed E-state index contributed by atoms with van der Waals surface area (Å²) >= 11 is 3.41. The summed E-state index contributed by atoms with van der Waals surface area (Å²) < 4.78 is 6.78. The quantitative estimate of drug-likeness (QED) is 0.500. The van der Waals surface area contributed by atoms with Crippen molar-refractivity contribution in [2.75, 3.05) is 0 Å². The van der Waals surface area contributed by atoms with Gasteiger partial charge in [0.25, 0.3) is 0 Å². The lowest BCUT2D eigenvalue weighted by Gasteiger charge is -2.07. The highest BCUT2D eigenvalue weighted by molar-refractivity contribution is 9.10. The molecule has 0 unspecified atom stereocenters. The maximum Gasteiger partial charge on any atom is 0.119 e. The lowest BCUT2D eigenvalue weighted by molar-refractivity contribution is 0.306. The van der Waals surface area contributed by atoms with Crippen molar-refractivity contribution in [1.29, 1.82) is 0 Å². The molecule has 2 aromatic rings. The number of halogens is 1. The fraction of sp³-hybridized carbons (Fsp3) is 0.188. The van der Waals surface area contributed by atoms with E-state index in [0.717, 1.165) is 21.3 Å². The second kappa shape index (κ2) is 7.10. The number of oxime groups is 1. The van der Waals surface area contributed by atoms with Crippen LogP contribution in [0, 0.1) is 0 Å². The van der Waals surface area contributed by atoms with Crippen LogP contribution in [0.4, 0.5) is 0 Å². The Bertz CT molecular complexity index is 576. The standard InChI is InChI=1S/C16H16BrNO2/c1-12(18-19)10-13-4-8-16(9-5-13)20-11-14-2-6-15(17)7-3-14/h2-9,19H,10-11H2,1H3/b18-12-. The largest absolute Gasteiger partial charge is 0.489 e. The van der Waals surface area contributed by atoms with Crippen molar-refractivity contribution < 1.29 is 9.94 Å². The van der Waals surface area contributed by atoms with Crippen molar-refractivity contribution in [3.8, 4) is 5.75 Å². The lowest BCUT2D eigenvalue weighted by atomic mass is 10.1. The third kappa shape index (κ3) is 4.38. The second-order valence-electron chi connectivity index (χ2n) is 4.57. The molecule has 0 saturated carbocycles. The minimum atomic E-state index is 0.545. The van der Waals surface area contributed by atoms with Gasteiger partial charge >= 0.3 is 0 Å². The molecule has 0 heterocycles. The molecular weight excluding hydrogens is 318 g/mol. The van der Waals surface area contributed by atoms with E-state index in [1.165, 1.54) is 0 Å². The van der Waals surface area contributed by atoms with E-state index in [2.05, 4.69) is 21.1 Å². The molecular formula is C16H16BrNO2. The van der Waals surface area contributed by atoms with Crippen LogP contribution in [-0.2, 0) is 13.0 Å². The van der Waals surface area contributed by atoms with Crippen LogP contribution in [0.15, 0.2) is 58.2 Å². The van der Waals surface area contributed by atoms with Gasteiger partial charge < -0.3 is 9.94 Å². The summed E-state index contributed by atoms with van der Waals surface area (Å²) in [6.07, 6.45) is 0.642. The zero-order valence-corrected chi connectivity index (χ0v) is 12.8. The van der Waals surface area contributed by atoms with Gasteiger partial charge in [0, 0.05) is 10.9 Å². The van der Waals surface area contributed by atoms with Gasteiger partial charge in [-0.15, -0.1) is 0 Å². The Balaban J connectivity index is 1.92. The topological polar surface area (TPSA) is 41.8 Å². The molecule has 0 atom stereocenters. The molecule has 20 heavy (non-hydrogen) atoms. The zero-order valence-electron chi connectivity index (χ0n) is 11.2. The molecule has 104 valence electrons. The maximum absolute atomic E-state index is 8.64. The molecule has 0 radical (unpaired) electrons. The van der Waals surface area contributed by atoms with E-state index in [1.54, 1.807) is 6.92 Å². The Kier molecular flexibility index (Phi) is 5.18. The number of benzene rings is 2. The van der Waals surface area contributed by atoms with E-state index in [0.29, 0.717) is 18.7 Å². The molecule has 0 bridgehead atoms. The molecule has 0 spiro atoms. The summed E-state index contributed by atoms with van der Waals surface area (Å²) in [6, 6.07) is 15.9. The first-order valence-electron chi connectivity index (χ1n) is 6.31. The van der Waals surface area contributed by atoms with Crippen molar-refractivity contribution in [2.24, 2.45) is 5.16 Å². The summed E-state index contributed by atoms with van der Waals surface area (Å²) in [5.41, 5.74) is 2.91. The molecule has 0 aliphatic rings. The normalized spacial score (nSPS) is 11.4. The molecule has 2 aromatic carbocycles. The van der Waals surface area contributed by atoms with Crippen LogP contribution in [0.2, 0.25) is 0 Å². The number of hydrogen-bond donors (Lipinski definition) is 1. The number of hydrogen-bond acceptors (Lipinski definition) is 3. The Morgan fingerprint density at radius 1 is 1.05 bits per heavy atom. The van der Waals surface area contributed by atoms with E-state index in [9.17, 15) is 0 Å². The van der Waals surface area contributed by atoms with Gasteiger partial charge in [0.1, 0.15) is 12.4 Å². The Morgan fingerprint density at radius 2 is 1.65 bits per heavy atom. The van der Waals surface area contributed by atoms with Gasteiger partial charge in [-0.2, -0.15) is 0 Å². The van der Waals surface area contributed by atoms with Gasteiger partial charge in [-0.3, -0.25) is 0 Å². The average molecular weight is 334 g/mol. The van der Waals surface area contributed by atoms with E-state index < -0.39 is 0 Å². The molecule has 0 aliphatic carbocycles. The van der Waals surface area contributed by atoms with Crippen molar-refractivity contribution in [3.05, 3.63) is 64.1 Å². The first-order chi connectivity index (χ1) is 9.67. The smallest absolute Gasteiger partial charge is 0.119 e. The molecule has 3 nitrogen and oxygen atoms in total. The highest BCUT2D eigenvalue weighted by atomic mass is 79.9. The van der Waals surface area contributed by atoms with Gasteiger partial charge in [0.05, 0.1) is 5.71 Å². The van der Waals surface area contributed by atoms with Crippen molar-refractivity contribution in [3.63, 3.8) is 0 Å². The summed E-state index contributed by atoms with van der Waals surface area (Å²) in [7, 11) is 0. The SMILES string of the molecule is C/C(Cc1ccc(OCc2ccc(Br)cc2)cc1)=N/O. The highest BCUT2D eigenvalue weighted by Crippen LogP contribution is 2.16. The van der Waals surface area contributed by atoms with Crippen LogP contribution in [0.3, 0.4) is 0 Å². The second-order valence-corrected chi connectivity index (χ2v) is 5.49. The average Bonchev–Trinajstić information content (AvgIpc) is 2.48. The Morgan fingerprint density at radius 3 is 2.25 bits per heavy atom. The zero-order chi connectivity index (χ0) is 14.4. The number of ether oxygens (including phenoxy) is 1. The van der Waals surface area contributed by atoms with Gasteiger partial charge in [0.15, 0.2) is 0 Å². The number of nitrogens with zero attached hydrogens (tertiary/aromatic N) is 1. The predicted molar refractivity (Wildman–Crippen MR) is 83.5 cm³/mol. The molecule has 0 amide bonds. The molecule has 2 rings (SSSR count). The number of rotatable bonds is 5. The fourth-order valence-corrected chi connectivity index (χ4v) is 2.05. The van der Waals surface area contributed by atoms with Crippen molar-refractivity contribution >= 4 is 21.6 Å².